The molecule has 1 aromatic rings. The lowest BCUT2D eigenvalue weighted by molar-refractivity contribution is -0.122. The molecule has 1 saturated heterocycles. The summed E-state index contributed by atoms with van der Waals surface area (Å²) in [4.78, 5) is 12.8. The van der Waals surface area contributed by atoms with Crippen molar-refractivity contribution in [1.82, 2.24) is 10.2 Å². The van der Waals surface area contributed by atoms with Crippen LogP contribution in [0, 0.1) is 5.92 Å². The van der Waals surface area contributed by atoms with Crippen molar-refractivity contribution in [2.75, 3.05) is 18.0 Å². The number of hydrogen-bond donors (Lipinski definition) is 1. The number of primary amides is 1. The molecular formula is C8H10N4O. The Morgan fingerprint density at radius 2 is 2.31 bits per heavy atom. The van der Waals surface area contributed by atoms with E-state index in [1.54, 1.807) is 12.4 Å². The third-order valence-corrected chi connectivity index (χ3v) is 2.22. The van der Waals surface area contributed by atoms with Crippen LogP contribution >= 0.6 is 0 Å². The normalized spacial score (nSPS) is 16.8. The number of nitrogens with zero attached hydrogens (tertiary/aromatic N) is 3. The minimum Gasteiger partial charge on any atom is -0.369 e. The predicted octanol–water partition coefficient (Wildman–Crippen LogP) is -0.602. The summed E-state index contributed by atoms with van der Waals surface area (Å²) in [5.41, 5.74) is 6.14. The molecule has 1 aliphatic heterocycles. The third-order valence-electron chi connectivity index (χ3n) is 2.22. The molecule has 2 heterocycles. The van der Waals surface area contributed by atoms with Crippen LogP contribution in [-0.4, -0.2) is 29.2 Å². The van der Waals surface area contributed by atoms with Gasteiger partial charge < -0.3 is 10.6 Å². The maximum Gasteiger partial charge on any atom is 0.224 e. The minimum absolute atomic E-state index is 0.00633. The SMILES string of the molecule is NC(=O)C1CN(c2ccnnc2)C1. The maximum atomic E-state index is 10.7. The summed E-state index contributed by atoms with van der Waals surface area (Å²) >= 11 is 0. The van der Waals surface area contributed by atoms with Gasteiger partial charge in [0.05, 0.1) is 24.0 Å². The van der Waals surface area contributed by atoms with Crippen LogP contribution in [0.1, 0.15) is 0 Å². The van der Waals surface area contributed by atoms with Gasteiger partial charge >= 0.3 is 0 Å². The topological polar surface area (TPSA) is 72.1 Å². The smallest absolute Gasteiger partial charge is 0.224 e. The van der Waals surface area contributed by atoms with E-state index in [4.69, 9.17) is 5.73 Å². The molecule has 5 heteroatoms. The van der Waals surface area contributed by atoms with E-state index < -0.39 is 0 Å². The molecule has 0 atom stereocenters. The summed E-state index contributed by atoms with van der Waals surface area (Å²) < 4.78 is 0. The molecule has 1 fully saturated rings. The van der Waals surface area contributed by atoms with Crippen LogP contribution in [0.5, 0.6) is 0 Å². The van der Waals surface area contributed by atoms with Crippen molar-refractivity contribution in [1.29, 1.82) is 0 Å². The summed E-state index contributed by atoms with van der Waals surface area (Å²) in [6.07, 6.45) is 3.31. The lowest BCUT2D eigenvalue weighted by Crippen LogP contribution is -2.52. The van der Waals surface area contributed by atoms with Crippen LogP contribution in [0.4, 0.5) is 5.69 Å². The van der Waals surface area contributed by atoms with Gasteiger partial charge in [-0.25, -0.2) is 0 Å². The Balaban J connectivity index is 1.98. The van der Waals surface area contributed by atoms with Crippen LogP contribution in [0.25, 0.3) is 0 Å². The van der Waals surface area contributed by atoms with Gasteiger partial charge in [0.1, 0.15) is 0 Å². The van der Waals surface area contributed by atoms with Gasteiger partial charge in [0.15, 0.2) is 0 Å². The zero-order valence-corrected chi connectivity index (χ0v) is 7.05. The molecule has 1 aliphatic rings. The van der Waals surface area contributed by atoms with E-state index in [0.29, 0.717) is 13.1 Å². The minimum atomic E-state index is -0.224. The van der Waals surface area contributed by atoms with E-state index in [0.717, 1.165) is 5.69 Å². The first-order valence-corrected chi connectivity index (χ1v) is 4.08. The predicted molar refractivity (Wildman–Crippen MR) is 46.9 cm³/mol. The lowest BCUT2D eigenvalue weighted by Gasteiger charge is -2.38. The fourth-order valence-electron chi connectivity index (χ4n) is 1.34. The van der Waals surface area contributed by atoms with E-state index in [2.05, 4.69) is 10.2 Å². The van der Waals surface area contributed by atoms with Crippen molar-refractivity contribution in [2.45, 2.75) is 0 Å². The van der Waals surface area contributed by atoms with Crippen LogP contribution in [0.3, 0.4) is 0 Å². The zero-order chi connectivity index (χ0) is 9.26. The number of hydrogen-bond acceptors (Lipinski definition) is 4. The van der Waals surface area contributed by atoms with E-state index in [-0.39, 0.29) is 11.8 Å². The fourth-order valence-corrected chi connectivity index (χ4v) is 1.34. The molecule has 2 rings (SSSR count). The molecule has 0 bridgehead atoms. The number of anilines is 1. The Kier molecular flexibility index (Phi) is 1.84. The second-order valence-electron chi connectivity index (χ2n) is 3.10. The maximum absolute atomic E-state index is 10.7. The van der Waals surface area contributed by atoms with Crippen LogP contribution in [0.2, 0.25) is 0 Å². The number of nitrogens with two attached hydrogens (primary N) is 1. The molecule has 0 aliphatic carbocycles. The molecule has 2 N–H and O–H groups in total. The molecule has 13 heavy (non-hydrogen) atoms. The molecule has 1 aromatic heterocycles. The average Bonchev–Trinajstić information content (AvgIpc) is 2.02. The van der Waals surface area contributed by atoms with Crippen LogP contribution in [-0.2, 0) is 4.79 Å². The number of carbonyl (C=O) groups excluding carboxylic acids is 1. The number of rotatable bonds is 2. The molecule has 0 radical (unpaired) electrons. The van der Waals surface area contributed by atoms with Gasteiger partial charge in [-0.05, 0) is 6.07 Å². The number of amides is 1. The Morgan fingerprint density at radius 3 is 2.85 bits per heavy atom. The molecule has 1 amide bonds. The van der Waals surface area contributed by atoms with E-state index in [1.807, 2.05) is 11.0 Å². The highest BCUT2D eigenvalue weighted by Crippen LogP contribution is 2.22. The van der Waals surface area contributed by atoms with Gasteiger partial charge in [-0.2, -0.15) is 10.2 Å². The van der Waals surface area contributed by atoms with Gasteiger partial charge in [0, 0.05) is 13.1 Å². The standard InChI is InChI=1S/C8H10N4O/c9-8(13)6-4-12(5-6)7-1-2-10-11-3-7/h1-3,6H,4-5H2,(H2,9,13). The first kappa shape index (κ1) is 7.97. The highest BCUT2D eigenvalue weighted by Gasteiger charge is 2.31. The van der Waals surface area contributed by atoms with Gasteiger partial charge in [0.2, 0.25) is 5.91 Å². The largest absolute Gasteiger partial charge is 0.369 e. The molecule has 5 nitrogen and oxygen atoms in total. The molecule has 0 saturated carbocycles. The van der Waals surface area contributed by atoms with Gasteiger partial charge in [-0.3, -0.25) is 4.79 Å². The molecule has 0 unspecified atom stereocenters. The van der Waals surface area contributed by atoms with Crippen molar-refractivity contribution in [3.05, 3.63) is 18.5 Å². The van der Waals surface area contributed by atoms with Crippen molar-refractivity contribution in [3.63, 3.8) is 0 Å². The molecule has 68 valence electrons. The summed E-state index contributed by atoms with van der Waals surface area (Å²) in [6, 6.07) is 1.87. The Bertz CT molecular complexity index is 307. The van der Waals surface area contributed by atoms with E-state index in [9.17, 15) is 4.79 Å². The van der Waals surface area contributed by atoms with Crippen molar-refractivity contribution in [2.24, 2.45) is 11.7 Å². The Morgan fingerprint density at radius 1 is 1.54 bits per heavy atom. The zero-order valence-electron chi connectivity index (χ0n) is 7.05. The van der Waals surface area contributed by atoms with E-state index in [1.165, 1.54) is 0 Å². The van der Waals surface area contributed by atoms with E-state index >= 15 is 0 Å². The van der Waals surface area contributed by atoms with Crippen molar-refractivity contribution < 1.29 is 4.79 Å². The summed E-state index contributed by atoms with van der Waals surface area (Å²) in [5, 5.41) is 7.42. The Labute approximate surface area is 75.6 Å². The molecule has 0 aromatic carbocycles. The summed E-state index contributed by atoms with van der Waals surface area (Å²) in [5.74, 6) is -0.230. The molecule has 0 spiro atoms. The Hall–Kier alpha value is -1.65. The number of aromatic nitrogens is 2. The van der Waals surface area contributed by atoms with Crippen LogP contribution in [0.15, 0.2) is 18.5 Å². The highest BCUT2D eigenvalue weighted by molar-refractivity contribution is 5.80. The second kappa shape index (κ2) is 3.01. The van der Waals surface area contributed by atoms with Gasteiger partial charge in [0.25, 0.3) is 0 Å². The second-order valence-corrected chi connectivity index (χ2v) is 3.10. The van der Waals surface area contributed by atoms with Crippen molar-refractivity contribution >= 4 is 11.6 Å². The van der Waals surface area contributed by atoms with Crippen LogP contribution < -0.4 is 10.6 Å². The van der Waals surface area contributed by atoms with Gasteiger partial charge in [-0.15, -0.1) is 0 Å². The first-order valence-electron chi connectivity index (χ1n) is 4.08. The average molecular weight is 178 g/mol. The highest BCUT2D eigenvalue weighted by atomic mass is 16.1. The fraction of sp³-hybridized carbons (Fsp3) is 0.375. The van der Waals surface area contributed by atoms with Gasteiger partial charge in [-0.1, -0.05) is 0 Å². The summed E-state index contributed by atoms with van der Waals surface area (Å²) in [6.45, 7) is 1.39. The lowest BCUT2D eigenvalue weighted by atomic mass is 9.99. The number of carbonyl (C=O) groups is 1. The quantitative estimate of drug-likeness (QED) is 0.656. The first-order chi connectivity index (χ1) is 6.27. The third kappa shape index (κ3) is 1.44. The van der Waals surface area contributed by atoms with Crippen molar-refractivity contribution in [3.8, 4) is 0 Å². The summed E-state index contributed by atoms with van der Waals surface area (Å²) in [7, 11) is 0. The monoisotopic (exact) mass is 178 g/mol. The molecular weight excluding hydrogens is 168 g/mol.